The molecule has 8 heteroatoms. The van der Waals surface area contributed by atoms with Crippen molar-refractivity contribution in [1.82, 2.24) is 15.5 Å². The predicted octanol–water partition coefficient (Wildman–Crippen LogP) is 3.39. The van der Waals surface area contributed by atoms with Crippen LogP contribution in [-0.4, -0.2) is 33.7 Å². The molecule has 146 valence electrons. The van der Waals surface area contributed by atoms with Crippen molar-refractivity contribution in [2.24, 2.45) is 0 Å². The first-order valence-electron chi connectivity index (χ1n) is 8.81. The van der Waals surface area contributed by atoms with Crippen LogP contribution in [0.15, 0.2) is 34.9 Å². The number of carboxylic acid groups (broad SMARTS) is 1. The summed E-state index contributed by atoms with van der Waals surface area (Å²) in [6, 6.07) is 6.84. The molecule has 0 aliphatic rings. The summed E-state index contributed by atoms with van der Waals surface area (Å²) in [6.07, 6.45) is 0. The van der Waals surface area contributed by atoms with Crippen molar-refractivity contribution < 1.29 is 23.6 Å². The molecule has 2 heterocycles. The fraction of sp³-hybridized carbons (Fsp3) is 0.300. The average Bonchev–Trinajstić information content (AvgIpc) is 3.03. The fourth-order valence-corrected chi connectivity index (χ4v) is 2.92. The highest BCUT2D eigenvalue weighted by molar-refractivity contribution is 6.06. The molecule has 0 fully saturated rings. The van der Waals surface area contributed by atoms with Gasteiger partial charge in [-0.1, -0.05) is 31.1 Å². The first kappa shape index (κ1) is 19.5. The van der Waals surface area contributed by atoms with Gasteiger partial charge in [0.1, 0.15) is 5.82 Å². The summed E-state index contributed by atoms with van der Waals surface area (Å²) in [5.74, 6) is -2.97. The predicted molar refractivity (Wildman–Crippen MR) is 99.7 cm³/mol. The quantitative estimate of drug-likeness (QED) is 0.674. The topological polar surface area (TPSA) is 105 Å². The first-order chi connectivity index (χ1) is 13.3. The average molecular weight is 385 g/mol. The minimum Gasteiger partial charge on any atom is -0.481 e. The van der Waals surface area contributed by atoms with Crippen molar-refractivity contribution in [2.75, 3.05) is 6.54 Å². The maximum Gasteiger partial charge on any atom is 0.312 e. The van der Waals surface area contributed by atoms with E-state index in [9.17, 15) is 19.1 Å². The Labute approximate surface area is 160 Å². The van der Waals surface area contributed by atoms with Crippen LogP contribution in [0.2, 0.25) is 0 Å². The van der Waals surface area contributed by atoms with Gasteiger partial charge < -0.3 is 14.9 Å². The zero-order valence-corrected chi connectivity index (χ0v) is 15.7. The normalized spacial score (nSPS) is 12.3. The Hall–Kier alpha value is -3.29. The number of pyridine rings is 1. The van der Waals surface area contributed by atoms with Gasteiger partial charge in [0.25, 0.3) is 11.6 Å². The zero-order valence-electron chi connectivity index (χ0n) is 15.7. The second-order valence-electron chi connectivity index (χ2n) is 6.85. The number of carbonyl (C=O) groups excluding carboxylic acids is 1. The highest BCUT2D eigenvalue weighted by Crippen LogP contribution is 2.25. The highest BCUT2D eigenvalue weighted by atomic mass is 19.1. The molecular weight excluding hydrogens is 365 g/mol. The number of fused-ring (bicyclic) bond motifs is 1. The number of aryl methyl sites for hydroxylation is 1. The van der Waals surface area contributed by atoms with E-state index in [0.717, 1.165) is 0 Å². The van der Waals surface area contributed by atoms with Gasteiger partial charge in [0.05, 0.1) is 22.6 Å². The van der Waals surface area contributed by atoms with Gasteiger partial charge in [-0.3, -0.25) is 9.59 Å². The molecule has 0 saturated carbocycles. The van der Waals surface area contributed by atoms with Crippen LogP contribution in [0.1, 0.15) is 53.0 Å². The molecule has 0 radical (unpaired) electrons. The minimum atomic E-state index is -1.11. The van der Waals surface area contributed by atoms with E-state index in [2.05, 4.69) is 15.5 Å². The van der Waals surface area contributed by atoms with E-state index in [1.807, 2.05) is 13.8 Å². The van der Waals surface area contributed by atoms with E-state index in [1.165, 1.54) is 24.3 Å². The molecule has 1 aromatic carbocycles. The number of aromatic nitrogens is 2. The molecule has 2 aromatic heterocycles. The summed E-state index contributed by atoms with van der Waals surface area (Å²) < 4.78 is 18.3. The lowest BCUT2D eigenvalue weighted by Gasteiger charge is -2.15. The Morgan fingerprint density at radius 1 is 1.25 bits per heavy atom. The van der Waals surface area contributed by atoms with E-state index >= 15 is 0 Å². The van der Waals surface area contributed by atoms with Gasteiger partial charge in [-0.15, -0.1) is 0 Å². The summed E-state index contributed by atoms with van der Waals surface area (Å²) in [6.45, 7) is 5.44. The lowest BCUT2D eigenvalue weighted by atomic mass is 9.98. The number of hydrogen-bond acceptors (Lipinski definition) is 5. The Kier molecular flexibility index (Phi) is 5.39. The molecule has 0 spiro atoms. The molecule has 1 amide bonds. The molecule has 7 nitrogen and oxygen atoms in total. The standard InChI is InChI=1S/C20H20FN3O4/c1-10(2)16-8-14(17-11(3)24-28-19(17)23-16)18(25)22-9-15(20(26)27)12-4-6-13(21)7-5-12/h4-8,10,15H,9H2,1-3H3,(H,22,25)(H,26,27). The van der Waals surface area contributed by atoms with Crippen LogP contribution in [-0.2, 0) is 4.79 Å². The number of hydrogen-bond donors (Lipinski definition) is 2. The van der Waals surface area contributed by atoms with Gasteiger partial charge in [-0.05, 0) is 36.6 Å². The molecule has 3 rings (SSSR count). The summed E-state index contributed by atoms with van der Waals surface area (Å²) >= 11 is 0. The van der Waals surface area contributed by atoms with Gasteiger partial charge in [0.2, 0.25) is 0 Å². The van der Waals surface area contributed by atoms with Gasteiger partial charge in [0.15, 0.2) is 0 Å². The van der Waals surface area contributed by atoms with Crippen molar-refractivity contribution in [2.45, 2.75) is 32.6 Å². The van der Waals surface area contributed by atoms with Crippen LogP contribution in [0.4, 0.5) is 4.39 Å². The van der Waals surface area contributed by atoms with E-state index in [4.69, 9.17) is 4.52 Å². The molecule has 1 unspecified atom stereocenters. The van der Waals surface area contributed by atoms with Crippen molar-refractivity contribution >= 4 is 23.0 Å². The molecule has 1 atom stereocenters. The summed E-state index contributed by atoms with van der Waals surface area (Å²) in [5, 5.41) is 16.5. The number of aliphatic carboxylic acids is 1. The molecule has 0 saturated heterocycles. The van der Waals surface area contributed by atoms with Crippen LogP contribution in [0, 0.1) is 12.7 Å². The third-order valence-electron chi connectivity index (χ3n) is 4.51. The van der Waals surface area contributed by atoms with Crippen LogP contribution >= 0.6 is 0 Å². The van der Waals surface area contributed by atoms with Gasteiger partial charge >= 0.3 is 5.97 Å². The van der Waals surface area contributed by atoms with Crippen LogP contribution in [0.25, 0.3) is 11.1 Å². The van der Waals surface area contributed by atoms with E-state index in [0.29, 0.717) is 27.9 Å². The first-order valence-corrected chi connectivity index (χ1v) is 8.81. The Morgan fingerprint density at radius 3 is 2.54 bits per heavy atom. The zero-order chi connectivity index (χ0) is 20.4. The van der Waals surface area contributed by atoms with Gasteiger partial charge in [-0.25, -0.2) is 9.37 Å². The minimum absolute atomic E-state index is 0.0624. The Morgan fingerprint density at radius 2 is 1.93 bits per heavy atom. The number of nitrogens with one attached hydrogen (secondary N) is 1. The lowest BCUT2D eigenvalue weighted by Crippen LogP contribution is -2.32. The maximum atomic E-state index is 13.1. The molecule has 2 N–H and O–H groups in total. The van der Waals surface area contributed by atoms with E-state index < -0.39 is 23.6 Å². The van der Waals surface area contributed by atoms with Crippen molar-refractivity contribution in [3.8, 4) is 0 Å². The third-order valence-corrected chi connectivity index (χ3v) is 4.51. The number of benzene rings is 1. The SMILES string of the molecule is Cc1noc2nc(C(C)C)cc(C(=O)NCC(C(=O)O)c3ccc(F)cc3)c12. The van der Waals surface area contributed by atoms with Crippen molar-refractivity contribution in [3.05, 3.63) is 58.7 Å². The number of nitrogens with zero attached hydrogens (tertiary/aromatic N) is 2. The third kappa shape index (κ3) is 3.85. The molecule has 3 aromatic rings. The van der Waals surface area contributed by atoms with Crippen LogP contribution in [0.5, 0.6) is 0 Å². The number of amides is 1. The summed E-state index contributed by atoms with van der Waals surface area (Å²) in [4.78, 5) is 28.8. The fourth-order valence-electron chi connectivity index (χ4n) is 2.92. The number of carbonyl (C=O) groups is 2. The molecule has 0 aliphatic carbocycles. The smallest absolute Gasteiger partial charge is 0.312 e. The number of carboxylic acids is 1. The van der Waals surface area contributed by atoms with E-state index in [-0.39, 0.29) is 18.2 Å². The monoisotopic (exact) mass is 385 g/mol. The van der Waals surface area contributed by atoms with Gasteiger partial charge in [-0.2, -0.15) is 0 Å². The van der Waals surface area contributed by atoms with Crippen LogP contribution in [0.3, 0.4) is 0 Å². The van der Waals surface area contributed by atoms with Crippen LogP contribution < -0.4 is 5.32 Å². The summed E-state index contributed by atoms with van der Waals surface area (Å²) in [5.41, 5.74) is 2.19. The van der Waals surface area contributed by atoms with Crippen molar-refractivity contribution in [1.29, 1.82) is 0 Å². The van der Waals surface area contributed by atoms with Crippen molar-refractivity contribution in [3.63, 3.8) is 0 Å². The second-order valence-corrected chi connectivity index (χ2v) is 6.85. The second kappa shape index (κ2) is 7.75. The Bertz CT molecular complexity index is 1030. The van der Waals surface area contributed by atoms with E-state index in [1.54, 1.807) is 13.0 Å². The largest absolute Gasteiger partial charge is 0.481 e. The Balaban J connectivity index is 1.88. The number of halogens is 1. The lowest BCUT2D eigenvalue weighted by molar-refractivity contribution is -0.138. The molecular formula is C20H20FN3O4. The molecule has 28 heavy (non-hydrogen) atoms. The highest BCUT2D eigenvalue weighted by Gasteiger charge is 2.24. The summed E-state index contributed by atoms with van der Waals surface area (Å²) in [7, 11) is 0. The van der Waals surface area contributed by atoms with Gasteiger partial charge in [0, 0.05) is 12.2 Å². The maximum absolute atomic E-state index is 13.1. The molecule has 0 aliphatic heterocycles. The number of rotatable bonds is 6. The molecule has 0 bridgehead atoms.